The summed E-state index contributed by atoms with van der Waals surface area (Å²) in [7, 11) is 4.93. The minimum Gasteiger partial charge on any atom is -0.481 e. The summed E-state index contributed by atoms with van der Waals surface area (Å²) in [5.41, 5.74) is -2.74. The van der Waals surface area contributed by atoms with Crippen LogP contribution < -0.4 is 0 Å². The van der Waals surface area contributed by atoms with Gasteiger partial charge < -0.3 is 24.9 Å². The summed E-state index contributed by atoms with van der Waals surface area (Å²) < 4.78 is 1.25. The van der Waals surface area contributed by atoms with Crippen LogP contribution in [0.15, 0.2) is 0 Å². The highest BCUT2D eigenvalue weighted by Crippen LogP contribution is 2.17. The number of carboxylic acids is 3. The Morgan fingerprint density at radius 2 is 0.625 bits per heavy atom. The van der Waals surface area contributed by atoms with Crippen molar-refractivity contribution in [1.82, 2.24) is 0 Å². The topological polar surface area (TPSA) is 132 Å². The number of unbranched alkanes of at least 4 members (excludes halogenated alkanes) is 26. The van der Waals surface area contributed by atoms with E-state index in [1.54, 1.807) is 0 Å². The van der Waals surface area contributed by atoms with Gasteiger partial charge in [-0.1, -0.05) is 168 Å². The monoisotopic (exact) mass is 687 g/mol. The van der Waals surface area contributed by atoms with Crippen molar-refractivity contribution in [3.8, 4) is 0 Å². The highest BCUT2D eigenvalue weighted by Gasteiger charge is 2.40. The van der Waals surface area contributed by atoms with Crippen LogP contribution in [0.3, 0.4) is 0 Å². The highest BCUT2D eigenvalue weighted by atomic mass is 16.4. The molecule has 0 rings (SSSR count). The molecule has 0 heterocycles. The number of nitrogens with zero attached hydrogens (tertiary/aromatic N) is 1. The molecular formula is C40H80NO7+. The average Bonchev–Trinajstić information content (AvgIpc) is 3.01. The number of quaternary nitrogens is 1. The predicted molar refractivity (Wildman–Crippen MR) is 200 cm³/mol. The molecule has 0 saturated carbocycles. The average molecular weight is 687 g/mol. The lowest BCUT2D eigenvalue weighted by atomic mass is 9.96. The van der Waals surface area contributed by atoms with Crippen LogP contribution in [0, 0.1) is 0 Å². The third kappa shape index (κ3) is 35.6. The third-order valence-corrected chi connectivity index (χ3v) is 9.52. The summed E-state index contributed by atoms with van der Waals surface area (Å²) in [5, 5.41) is 33.8. The molecule has 8 nitrogen and oxygen atoms in total. The molecular weight excluding hydrogens is 606 g/mol. The summed E-state index contributed by atoms with van der Waals surface area (Å²) in [6.45, 7) is 7.38. The van der Waals surface area contributed by atoms with Crippen LogP contribution in [0.2, 0.25) is 0 Å². The first-order valence-electron chi connectivity index (χ1n) is 20.1. The largest absolute Gasteiger partial charge is 0.481 e. The smallest absolute Gasteiger partial charge is 0.336 e. The second-order valence-corrected chi connectivity index (χ2v) is 15.1. The number of hydrogen-bond donors (Lipinski definition) is 4. The number of aliphatic hydroxyl groups is 1. The van der Waals surface area contributed by atoms with E-state index in [2.05, 4.69) is 27.9 Å². The molecule has 0 spiro atoms. The SMILES string of the molecule is CCCCCCCCCCCCCCCC[N+](C)(C)CCCCCCCCCCCCCCCC.O=C(O)CC(O)(CC(=O)O)C(=O)O. The van der Waals surface area contributed by atoms with Crippen molar-refractivity contribution in [3.63, 3.8) is 0 Å². The molecule has 0 atom stereocenters. The Hall–Kier alpha value is -1.67. The Morgan fingerprint density at radius 1 is 0.417 bits per heavy atom. The lowest BCUT2D eigenvalue weighted by Crippen LogP contribution is -2.42. The maximum Gasteiger partial charge on any atom is 0.336 e. The van der Waals surface area contributed by atoms with Gasteiger partial charge in [0.25, 0.3) is 0 Å². The molecule has 0 aliphatic rings. The van der Waals surface area contributed by atoms with E-state index in [9.17, 15) is 14.4 Å². The van der Waals surface area contributed by atoms with E-state index >= 15 is 0 Å². The first kappa shape index (κ1) is 48.4. The first-order valence-corrected chi connectivity index (χ1v) is 20.1. The van der Waals surface area contributed by atoms with Gasteiger partial charge in [-0.25, -0.2) is 4.79 Å². The van der Waals surface area contributed by atoms with Gasteiger partial charge in [0.1, 0.15) is 0 Å². The van der Waals surface area contributed by atoms with E-state index in [0.717, 1.165) is 0 Å². The Labute approximate surface area is 296 Å². The van der Waals surface area contributed by atoms with Crippen molar-refractivity contribution in [1.29, 1.82) is 0 Å². The molecule has 0 aromatic rings. The summed E-state index contributed by atoms with van der Waals surface area (Å²) in [5.74, 6) is -5.02. The van der Waals surface area contributed by atoms with E-state index in [0.29, 0.717) is 0 Å². The number of carboxylic acid groups (broad SMARTS) is 3. The third-order valence-electron chi connectivity index (χ3n) is 9.52. The van der Waals surface area contributed by atoms with Gasteiger partial charge in [0.2, 0.25) is 0 Å². The minimum absolute atomic E-state index is 1.14. The van der Waals surface area contributed by atoms with Gasteiger partial charge in [-0.15, -0.1) is 0 Å². The number of aliphatic carboxylic acids is 3. The maximum absolute atomic E-state index is 10.3. The number of rotatable bonds is 35. The molecule has 0 saturated heterocycles. The molecule has 0 unspecified atom stereocenters. The zero-order valence-corrected chi connectivity index (χ0v) is 32.1. The van der Waals surface area contributed by atoms with E-state index in [1.807, 2.05) is 0 Å². The normalized spacial score (nSPS) is 11.7. The first-order chi connectivity index (χ1) is 22.9. The molecule has 286 valence electrons. The van der Waals surface area contributed by atoms with Crippen LogP contribution in [0.4, 0.5) is 0 Å². The van der Waals surface area contributed by atoms with Gasteiger partial charge in [-0.2, -0.15) is 0 Å². The number of hydrogen-bond acceptors (Lipinski definition) is 4. The van der Waals surface area contributed by atoms with Crippen LogP contribution in [-0.4, -0.2) is 75.6 Å². The van der Waals surface area contributed by atoms with Crippen LogP contribution >= 0.6 is 0 Å². The molecule has 0 aromatic carbocycles. The standard InChI is InChI=1S/C34H72N.C6H8O7/c1-5-7-9-11-13-15-17-19-21-23-25-27-29-31-33-35(3,4)34-32-30-28-26-24-22-20-18-16-14-12-10-8-6-2;7-3(8)1-6(13,5(11)12)2-4(9)10/h5-34H2,1-4H3;13H,1-2H2,(H,7,8)(H,9,10)(H,11,12)/q+1;. The van der Waals surface area contributed by atoms with Crippen LogP contribution in [0.25, 0.3) is 0 Å². The molecule has 0 radical (unpaired) electrons. The van der Waals surface area contributed by atoms with Crippen molar-refractivity contribution in [3.05, 3.63) is 0 Å². The number of carbonyl (C=O) groups is 3. The van der Waals surface area contributed by atoms with Crippen molar-refractivity contribution >= 4 is 17.9 Å². The highest BCUT2D eigenvalue weighted by molar-refractivity contribution is 5.88. The summed E-state index contributed by atoms with van der Waals surface area (Å²) in [4.78, 5) is 30.5. The van der Waals surface area contributed by atoms with Crippen LogP contribution in [0.1, 0.15) is 206 Å². The van der Waals surface area contributed by atoms with Crippen molar-refractivity contribution < 1.29 is 39.3 Å². The van der Waals surface area contributed by atoms with Gasteiger partial charge >= 0.3 is 17.9 Å². The van der Waals surface area contributed by atoms with Crippen molar-refractivity contribution in [2.75, 3.05) is 27.2 Å². The van der Waals surface area contributed by atoms with Gasteiger partial charge in [-0.3, -0.25) is 9.59 Å². The second kappa shape index (κ2) is 33.8. The maximum atomic E-state index is 10.3. The lowest BCUT2D eigenvalue weighted by molar-refractivity contribution is -0.890. The fraction of sp³-hybridized carbons (Fsp3) is 0.925. The van der Waals surface area contributed by atoms with E-state index < -0.39 is 36.4 Å². The Bertz CT molecular complexity index is 706. The van der Waals surface area contributed by atoms with Crippen LogP contribution in [-0.2, 0) is 14.4 Å². The Kier molecular flexibility index (Phi) is 34.1. The Morgan fingerprint density at radius 3 is 0.812 bits per heavy atom. The zero-order chi connectivity index (χ0) is 36.4. The molecule has 0 aromatic heterocycles. The predicted octanol–water partition coefficient (Wildman–Crippen LogP) is 10.8. The fourth-order valence-electron chi connectivity index (χ4n) is 6.29. The minimum atomic E-state index is -2.74. The fourth-order valence-corrected chi connectivity index (χ4v) is 6.29. The zero-order valence-electron chi connectivity index (χ0n) is 32.1. The van der Waals surface area contributed by atoms with Gasteiger partial charge in [0.05, 0.1) is 40.0 Å². The van der Waals surface area contributed by atoms with Gasteiger partial charge in [-0.05, 0) is 25.7 Å². The molecule has 0 amide bonds. The van der Waals surface area contributed by atoms with Gasteiger partial charge in [0.15, 0.2) is 5.60 Å². The van der Waals surface area contributed by atoms with Gasteiger partial charge in [0, 0.05) is 0 Å². The summed E-state index contributed by atoms with van der Waals surface area (Å²) in [6, 6.07) is 0. The molecule has 4 N–H and O–H groups in total. The summed E-state index contributed by atoms with van der Waals surface area (Å²) in [6.07, 6.45) is 38.7. The molecule has 0 aliphatic carbocycles. The second-order valence-electron chi connectivity index (χ2n) is 15.1. The lowest BCUT2D eigenvalue weighted by Gasteiger charge is -2.30. The summed E-state index contributed by atoms with van der Waals surface area (Å²) >= 11 is 0. The molecule has 0 aliphatic heterocycles. The van der Waals surface area contributed by atoms with E-state index in [4.69, 9.17) is 20.4 Å². The molecule has 0 fully saturated rings. The van der Waals surface area contributed by atoms with E-state index in [1.165, 1.54) is 197 Å². The van der Waals surface area contributed by atoms with E-state index in [-0.39, 0.29) is 0 Å². The van der Waals surface area contributed by atoms with Crippen LogP contribution in [0.5, 0.6) is 0 Å². The molecule has 8 heteroatoms. The van der Waals surface area contributed by atoms with Crippen molar-refractivity contribution in [2.24, 2.45) is 0 Å². The Balaban J connectivity index is 0. The van der Waals surface area contributed by atoms with Crippen molar-refractivity contribution in [2.45, 2.75) is 212 Å². The molecule has 48 heavy (non-hydrogen) atoms. The quantitative estimate of drug-likeness (QED) is 0.0385. The molecule has 0 bridgehead atoms.